The first-order valence-corrected chi connectivity index (χ1v) is 10.4. The van der Waals surface area contributed by atoms with Crippen molar-refractivity contribution in [2.24, 2.45) is 0 Å². The smallest absolute Gasteiger partial charge is 0.335 e. The Hall–Kier alpha value is -4.37. The molecule has 3 heteroatoms. The molecular weight excluding hydrogens is 396 g/mol. The molecule has 0 bridgehead atoms. The number of hydrogen-bond acceptors (Lipinski definition) is 2. The molecule has 0 amide bonds. The van der Waals surface area contributed by atoms with Crippen LogP contribution in [-0.2, 0) is 0 Å². The van der Waals surface area contributed by atoms with Crippen LogP contribution in [0, 0.1) is 0 Å². The second kappa shape index (κ2) is 8.40. The molecule has 4 aromatic carbocycles. The van der Waals surface area contributed by atoms with Crippen LogP contribution in [-0.4, -0.2) is 11.1 Å². The second-order valence-electron chi connectivity index (χ2n) is 7.61. The fourth-order valence-electron chi connectivity index (χ4n) is 3.68. The van der Waals surface area contributed by atoms with Crippen LogP contribution in [0.1, 0.15) is 21.5 Å². The Morgan fingerprint density at radius 1 is 0.656 bits per heavy atom. The van der Waals surface area contributed by atoms with Crippen molar-refractivity contribution in [3.05, 3.63) is 120 Å². The lowest BCUT2D eigenvalue weighted by molar-refractivity contribution is 0.0697. The van der Waals surface area contributed by atoms with E-state index in [1.54, 1.807) is 24.3 Å². The van der Waals surface area contributed by atoms with E-state index < -0.39 is 5.97 Å². The van der Waals surface area contributed by atoms with Gasteiger partial charge in [-0.3, -0.25) is 0 Å². The number of carboxylic acids is 1. The molecule has 0 aliphatic carbocycles. The summed E-state index contributed by atoms with van der Waals surface area (Å²) in [6.07, 6.45) is 3.97. The maximum atomic E-state index is 11.0. The summed E-state index contributed by atoms with van der Waals surface area (Å²) in [6, 6.07) is 33.6. The van der Waals surface area contributed by atoms with Crippen LogP contribution < -0.4 is 0 Å². The molecule has 1 N–H and O–H groups in total. The van der Waals surface area contributed by atoms with Gasteiger partial charge in [0.05, 0.1) is 5.56 Å². The minimum Gasteiger partial charge on any atom is -0.478 e. The Bertz CT molecular complexity index is 1410. The van der Waals surface area contributed by atoms with Crippen molar-refractivity contribution < 1.29 is 14.3 Å². The summed E-state index contributed by atoms with van der Waals surface area (Å²) in [6.45, 7) is 0. The van der Waals surface area contributed by atoms with E-state index in [1.807, 2.05) is 60.7 Å². The molecule has 0 unspecified atom stereocenters. The number of carboxylic acid groups (broad SMARTS) is 1. The largest absolute Gasteiger partial charge is 0.478 e. The molecule has 0 saturated carbocycles. The third-order valence-corrected chi connectivity index (χ3v) is 5.44. The quantitative estimate of drug-likeness (QED) is 0.300. The van der Waals surface area contributed by atoms with Crippen LogP contribution in [0.4, 0.5) is 0 Å². The predicted octanol–water partition coefficient (Wildman–Crippen LogP) is 7.64. The zero-order valence-electron chi connectivity index (χ0n) is 17.2. The molecule has 32 heavy (non-hydrogen) atoms. The Labute approximate surface area is 185 Å². The fourth-order valence-corrected chi connectivity index (χ4v) is 3.68. The van der Waals surface area contributed by atoms with Crippen molar-refractivity contribution in [1.82, 2.24) is 0 Å². The highest BCUT2D eigenvalue weighted by molar-refractivity contribution is 5.88. The molecule has 0 saturated heterocycles. The standard InChI is InChI=1S/C29H20O3/c30-29(31)24-14-10-21(11-15-24)7-6-20-8-12-23(13-9-20)28-19-26-18-25(16-17-27(26)32-28)22-4-2-1-3-5-22/h1-19H,(H,30,31)/b7-6+. The molecule has 154 valence electrons. The van der Waals surface area contributed by atoms with Crippen molar-refractivity contribution in [1.29, 1.82) is 0 Å². The molecule has 1 heterocycles. The van der Waals surface area contributed by atoms with Gasteiger partial charge in [-0.15, -0.1) is 0 Å². The van der Waals surface area contributed by atoms with E-state index in [1.165, 1.54) is 11.1 Å². The van der Waals surface area contributed by atoms with Gasteiger partial charge in [0, 0.05) is 10.9 Å². The highest BCUT2D eigenvalue weighted by Gasteiger charge is 2.08. The van der Waals surface area contributed by atoms with Crippen molar-refractivity contribution in [3.8, 4) is 22.5 Å². The van der Waals surface area contributed by atoms with Crippen LogP contribution in [0.25, 0.3) is 45.6 Å². The lowest BCUT2D eigenvalue weighted by Crippen LogP contribution is -1.94. The van der Waals surface area contributed by atoms with E-state index in [2.05, 4.69) is 30.3 Å². The summed E-state index contributed by atoms with van der Waals surface area (Å²) in [4.78, 5) is 11.0. The van der Waals surface area contributed by atoms with Crippen molar-refractivity contribution in [2.75, 3.05) is 0 Å². The summed E-state index contributed by atoms with van der Waals surface area (Å²) in [5, 5.41) is 10.1. The van der Waals surface area contributed by atoms with E-state index in [0.29, 0.717) is 0 Å². The molecule has 0 aliphatic rings. The molecule has 5 aromatic rings. The Balaban J connectivity index is 1.35. The highest BCUT2D eigenvalue weighted by atomic mass is 16.4. The predicted molar refractivity (Wildman–Crippen MR) is 129 cm³/mol. The van der Waals surface area contributed by atoms with Crippen LogP contribution >= 0.6 is 0 Å². The number of benzene rings is 4. The van der Waals surface area contributed by atoms with Gasteiger partial charge in [0.1, 0.15) is 11.3 Å². The van der Waals surface area contributed by atoms with Gasteiger partial charge < -0.3 is 9.52 Å². The Morgan fingerprint density at radius 2 is 1.28 bits per heavy atom. The molecule has 5 rings (SSSR count). The number of carbonyl (C=O) groups is 1. The van der Waals surface area contributed by atoms with Crippen molar-refractivity contribution in [3.63, 3.8) is 0 Å². The lowest BCUT2D eigenvalue weighted by Gasteiger charge is -2.00. The van der Waals surface area contributed by atoms with Crippen LogP contribution in [0.5, 0.6) is 0 Å². The Kier molecular flexibility index (Phi) is 5.14. The zero-order chi connectivity index (χ0) is 21.9. The molecule has 0 aliphatic heterocycles. The SMILES string of the molecule is O=C(O)c1ccc(/C=C/c2ccc(-c3cc4cc(-c5ccccc5)ccc4o3)cc2)cc1. The maximum absolute atomic E-state index is 11.0. The minimum absolute atomic E-state index is 0.285. The minimum atomic E-state index is -0.919. The monoisotopic (exact) mass is 416 g/mol. The number of rotatable bonds is 5. The first-order chi connectivity index (χ1) is 15.7. The number of furan rings is 1. The maximum Gasteiger partial charge on any atom is 0.335 e. The average Bonchev–Trinajstić information content (AvgIpc) is 3.27. The van der Waals surface area contributed by atoms with E-state index in [-0.39, 0.29) is 5.56 Å². The van der Waals surface area contributed by atoms with Gasteiger partial charge in [0.2, 0.25) is 0 Å². The molecule has 0 radical (unpaired) electrons. The van der Waals surface area contributed by atoms with Gasteiger partial charge in [0.15, 0.2) is 0 Å². The Morgan fingerprint density at radius 3 is 1.94 bits per heavy atom. The van der Waals surface area contributed by atoms with Crippen molar-refractivity contribution >= 4 is 29.1 Å². The summed E-state index contributed by atoms with van der Waals surface area (Å²) in [5.74, 6) is -0.0806. The molecule has 3 nitrogen and oxygen atoms in total. The van der Waals surface area contributed by atoms with Crippen LogP contribution in [0.3, 0.4) is 0 Å². The van der Waals surface area contributed by atoms with Gasteiger partial charge in [-0.05, 0) is 52.6 Å². The molecule has 1 aromatic heterocycles. The normalized spacial score (nSPS) is 11.2. The van der Waals surface area contributed by atoms with Gasteiger partial charge in [-0.25, -0.2) is 4.79 Å². The number of hydrogen-bond donors (Lipinski definition) is 1. The molecule has 0 atom stereocenters. The molecule has 0 spiro atoms. The van der Waals surface area contributed by atoms with Crippen LogP contribution in [0.2, 0.25) is 0 Å². The average molecular weight is 416 g/mol. The van der Waals surface area contributed by atoms with E-state index >= 15 is 0 Å². The van der Waals surface area contributed by atoms with E-state index in [9.17, 15) is 4.79 Å². The summed E-state index contributed by atoms with van der Waals surface area (Å²) >= 11 is 0. The van der Waals surface area contributed by atoms with E-state index in [4.69, 9.17) is 9.52 Å². The summed E-state index contributed by atoms with van der Waals surface area (Å²) in [5.41, 5.74) is 6.53. The third kappa shape index (κ3) is 4.09. The van der Waals surface area contributed by atoms with Gasteiger partial charge in [-0.2, -0.15) is 0 Å². The van der Waals surface area contributed by atoms with Crippen LogP contribution in [0.15, 0.2) is 108 Å². The topological polar surface area (TPSA) is 50.4 Å². The first kappa shape index (κ1) is 19.6. The van der Waals surface area contributed by atoms with Gasteiger partial charge >= 0.3 is 5.97 Å². The number of aromatic carboxylic acids is 1. The van der Waals surface area contributed by atoms with Gasteiger partial charge in [-0.1, -0.05) is 84.9 Å². The molecule has 0 fully saturated rings. The highest BCUT2D eigenvalue weighted by Crippen LogP contribution is 2.31. The van der Waals surface area contributed by atoms with Crippen molar-refractivity contribution in [2.45, 2.75) is 0 Å². The van der Waals surface area contributed by atoms with Gasteiger partial charge in [0.25, 0.3) is 0 Å². The first-order valence-electron chi connectivity index (χ1n) is 10.4. The summed E-state index contributed by atoms with van der Waals surface area (Å²) in [7, 11) is 0. The zero-order valence-corrected chi connectivity index (χ0v) is 17.2. The fraction of sp³-hybridized carbons (Fsp3) is 0. The second-order valence-corrected chi connectivity index (χ2v) is 7.61. The third-order valence-electron chi connectivity index (χ3n) is 5.44. The molecular formula is C29H20O3. The lowest BCUT2D eigenvalue weighted by atomic mass is 10.0. The summed E-state index contributed by atoms with van der Waals surface area (Å²) < 4.78 is 6.08. The number of fused-ring (bicyclic) bond motifs is 1. The van der Waals surface area contributed by atoms with E-state index in [0.717, 1.165) is 33.4 Å².